The van der Waals surface area contributed by atoms with Crippen LogP contribution in [0.15, 0.2) is 12.1 Å². The number of nitrogens with one attached hydrogen (secondary N) is 1. The van der Waals surface area contributed by atoms with Gasteiger partial charge in [0, 0.05) is 0 Å². The van der Waals surface area contributed by atoms with Crippen molar-refractivity contribution in [1.29, 1.82) is 5.41 Å². The zero-order valence-electron chi connectivity index (χ0n) is 7.64. The van der Waals surface area contributed by atoms with E-state index in [2.05, 4.69) is 6.07 Å². The molecule has 0 bridgehead atoms. The molecule has 0 saturated carbocycles. The van der Waals surface area contributed by atoms with Crippen LogP contribution in [0.5, 0.6) is 5.75 Å². The lowest BCUT2D eigenvalue weighted by Gasteiger charge is -2.09. The van der Waals surface area contributed by atoms with Gasteiger partial charge < -0.3 is 4.74 Å². The van der Waals surface area contributed by atoms with E-state index in [0.29, 0.717) is 0 Å². The summed E-state index contributed by atoms with van der Waals surface area (Å²) in [5, 5.41) is 6.86. The third-order valence-electron chi connectivity index (χ3n) is 2.05. The summed E-state index contributed by atoms with van der Waals surface area (Å²) >= 11 is 0. The van der Waals surface area contributed by atoms with Crippen molar-refractivity contribution in [2.45, 2.75) is 20.8 Å². The Kier molecular flexibility index (Phi) is 2.48. The largest absolute Gasteiger partial charge is 0.446 e. The summed E-state index contributed by atoms with van der Waals surface area (Å²) in [6.45, 7) is 6.01. The topological polar surface area (TPSA) is 33.1 Å². The fourth-order valence-corrected chi connectivity index (χ4v) is 1.17. The molecule has 2 heteroatoms. The lowest BCUT2D eigenvalue weighted by molar-refractivity contribution is 0.559. The van der Waals surface area contributed by atoms with Crippen LogP contribution in [0.25, 0.3) is 0 Å². The molecular formula is C10H13NO. The average molecular weight is 163 g/mol. The Morgan fingerprint density at radius 3 is 2.33 bits per heavy atom. The van der Waals surface area contributed by atoms with E-state index in [9.17, 15) is 0 Å². The van der Waals surface area contributed by atoms with Gasteiger partial charge in [-0.1, -0.05) is 12.1 Å². The molecule has 12 heavy (non-hydrogen) atoms. The standard InChI is InChI=1S/C10H13NO/c1-7-4-5-8(2)10(9(7)3)12-6-11/h4-6,11H,1-3H3. The first-order valence-corrected chi connectivity index (χ1v) is 3.89. The molecule has 0 heterocycles. The minimum absolute atomic E-state index is 0.810. The zero-order chi connectivity index (χ0) is 9.14. The van der Waals surface area contributed by atoms with Crippen molar-refractivity contribution in [3.05, 3.63) is 28.8 Å². The van der Waals surface area contributed by atoms with Crippen molar-refractivity contribution < 1.29 is 4.74 Å². The van der Waals surface area contributed by atoms with Gasteiger partial charge in [-0.05, 0) is 37.5 Å². The van der Waals surface area contributed by atoms with Gasteiger partial charge in [-0.3, -0.25) is 5.41 Å². The smallest absolute Gasteiger partial charge is 0.173 e. The first-order chi connectivity index (χ1) is 5.66. The van der Waals surface area contributed by atoms with Crippen molar-refractivity contribution in [2.24, 2.45) is 0 Å². The van der Waals surface area contributed by atoms with E-state index in [-0.39, 0.29) is 0 Å². The van der Waals surface area contributed by atoms with Crippen molar-refractivity contribution in [1.82, 2.24) is 0 Å². The first-order valence-electron chi connectivity index (χ1n) is 3.89. The van der Waals surface area contributed by atoms with Gasteiger partial charge in [-0.15, -0.1) is 0 Å². The Morgan fingerprint density at radius 2 is 1.75 bits per heavy atom. The maximum atomic E-state index is 6.86. The second kappa shape index (κ2) is 3.39. The summed E-state index contributed by atoms with van der Waals surface area (Å²) in [5.41, 5.74) is 3.37. The Hall–Kier alpha value is -1.31. The Balaban J connectivity index is 3.22. The highest BCUT2D eigenvalue weighted by atomic mass is 16.5. The van der Waals surface area contributed by atoms with Crippen molar-refractivity contribution in [3.63, 3.8) is 0 Å². The van der Waals surface area contributed by atoms with E-state index >= 15 is 0 Å². The van der Waals surface area contributed by atoms with Gasteiger partial charge >= 0.3 is 0 Å². The van der Waals surface area contributed by atoms with Crippen LogP contribution in [0.2, 0.25) is 0 Å². The Bertz CT molecular complexity index is 305. The molecule has 0 atom stereocenters. The second-order valence-electron chi connectivity index (χ2n) is 2.89. The summed E-state index contributed by atoms with van der Waals surface area (Å²) in [5.74, 6) is 0.810. The zero-order valence-corrected chi connectivity index (χ0v) is 7.64. The monoisotopic (exact) mass is 163 g/mol. The molecule has 1 N–H and O–H groups in total. The van der Waals surface area contributed by atoms with E-state index in [4.69, 9.17) is 10.1 Å². The van der Waals surface area contributed by atoms with Crippen molar-refractivity contribution >= 4 is 6.40 Å². The maximum absolute atomic E-state index is 6.86. The van der Waals surface area contributed by atoms with Crippen LogP contribution in [-0.2, 0) is 0 Å². The average Bonchev–Trinajstić information content (AvgIpc) is 2.06. The van der Waals surface area contributed by atoms with E-state index < -0.39 is 0 Å². The number of hydrogen-bond donors (Lipinski definition) is 1. The molecule has 0 aliphatic rings. The lowest BCUT2D eigenvalue weighted by Crippen LogP contribution is -1.95. The number of benzene rings is 1. The molecule has 0 spiro atoms. The molecule has 64 valence electrons. The molecular weight excluding hydrogens is 150 g/mol. The molecule has 0 fully saturated rings. The van der Waals surface area contributed by atoms with Crippen LogP contribution in [0, 0.1) is 26.2 Å². The molecule has 1 aromatic carbocycles. The third kappa shape index (κ3) is 1.47. The first kappa shape index (κ1) is 8.78. The van der Waals surface area contributed by atoms with Crippen LogP contribution in [-0.4, -0.2) is 6.40 Å². The molecule has 1 aromatic rings. The summed E-state index contributed by atoms with van der Waals surface area (Å²) in [6, 6.07) is 4.06. The Morgan fingerprint density at radius 1 is 1.17 bits per heavy atom. The summed E-state index contributed by atoms with van der Waals surface area (Å²) in [7, 11) is 0. The van der Waals surface area contributed by atoms with Gasteiger partial charge in [0.1, 0.15) is 5.75 Å². The predicted octanol–water partition coefficient (Wildman–Crippen LogP) is 2.60. The third-order valence-corrected chi connectivity index (χ3v) is 2.05. The van der Waals surface area contributed by atoms with Gasteiger partial charge in [0.15, 0.2) is 6.40 Å². The van der Waals surface area contributed by atoms with E-state index in [0.717, 1.165) is 23.3 Å². The van der Waals surface area contributed by atoms with Crippen molar-refractivity contribution in [2.75, 3.05) is 0 Å². The van der Waals surface area contributed by atoms with Crippen LogP contribution >= 0.6 is 0 Å². The number of rotatable bonds is 2. The molecule has 1 rings (SSSR count). The second-order valence-corrected chi connectivity index (χ2v) is 2.89. The van der Waals surface area contributed by atoms with E-state index in [1.807, 2.05) is 26.8 Å². The van der Waals surface area contributed by atoms with Gasteiger partial charge in [-0.2, -0.15) is 0 Å². The molecule has 0 unspecified atom stereocenters. The Labute approximate surface area is 72.7 Å². The summed E-state index contributed by atoms with van der Waals surface area (Å²) in [4.78, 5) is 0. The van der Waals surface area contributed by atoms with Crippen LogP contribution < -0.4 is 4.74 Å². The summed E-state index contributed by atoms with van der Waals surface area (Å²) < 4.78 is 5.09. The van der Waals surface area contributed by atoms with Crippen LogP contribution in [0.1, 0.15) is 16.7 Å². The number of ether oxygens (including phenoxy) is 1. The molecule has 0 aliphatic heterocycles. The quantitative estimate of drug-likeness (QED) is 0.527. The van der Waals surface area contributed by atoms with E-state index in [1.54, 1.807) is 0 Å². The minimum atomic E-state index is 0.810. The predicted molar refractivity (Wildman–Crippen MR) is 50.1 cm³/mol. The normalized spacial score (nSPS) is 9.58. The minimum Gasteiger partial charge on any atom is -0.446 e. The molecule has 0 aromatic heterocycles. The number of hydrogen-bond acceptors (Lipinski definition) is 2. The molecule has 0 amide bonds. The van der Waals surface area contributed by atoms with Crippen LogP contribution in [0.3, 0.4) is 0 Å². The molecule has 0 saturated heterocycles. The fourth-order valence-electron chi connectivity index (χ4n) is 1.17. The van der Waals surface area contributed by atoms with Crippen molar-refractivity contribution in [3.8, 4) is 5.75 Å². The molecule has 2 nitrogen and oxygen atoms in total. The van der Waals surface area contributed by atoms with Gasteiger partial charge in [-0.25, -0.2) is 0 Å². The van der Waals surface area contributed by atoms with Gasteiger partial charge in [0.05, 0.1) is 0 Å². The SMILES string of the molecule is Cc1ccc(C)c(OC=N)c1C. The highest BCUT2D eigenvalue weighted by Crippen LogP contribution is 2.24. The highest BCUT2D eigenvalue weighted by Gasteiger charge is 2.04. The van der Waals surface area contributed by atoms with E-state index in [1.165, 1.54) is 5.56 Å². The van der Waals surface area contributed by atoms with Gasteiger partial charge in [0.25, 0.3) is 0 Å². The van der Waals surface area contributed by atoms with Crippen LogP contribution in [0.4, 0.5) is 0 Å². The number of aryl methyl sites for hydroxylation is 2. The molecule has 0 radical (unpaired) electrons. The molecule has 0 aliphatic carbocycles. The van der Waals surface area contributed by atoms with Gasteiger partial charge in [0.2, 0.25) is 0 Å². The summed E-state index contributed by atoms with van der Waals surface area (Å²) in [6.07, 6.45) is 0.967. The highest BCUT2D eigenvalue weighted by molar-refractivity contribution is 5.54. The lowest BCUT2D eigenvalue weighted by atomic mass is 10.1. The fraction of sp³-hybridized carbons (Fsp3) is 0.300. The maximum Gasteiger partial charge on any atom is 0.173 e.